The fourth-order valence-corrected chi connectivity index (χ4v) is 7.40. The van der Waals surface area contributed by atoms with E-state index in [9.17, 15) is 26.0 Å². The molecule has 0 atom stereocenters. The van der Waals surface area contributed by atoms with Gasteiger partial charge in [0.25, 0.3) is 0 Å². The van der Waals surface area contributed by atoms with Gasteiger partial charge in [-0.2, -0.15) is 17.5 Å². The first-order valence-electron chi connectivity index (χ1n) is 14.2. The van der Waals surface area contributed by atoms with E-state index in [-0.39, 0.29) is 10.7 Å². The minimum atomic E-state index is -5.08. The number of halogens is 4. The van der Waals surface area contributed by atoms with Crippen molar-refractivity contribution >= 4 is 39.0 Å². The predicted molar refractivity (Wildman–Crippen MR) is 168 cm³/mol. The van der Waals surface area contributed by atoms with Gasteiger partial charge in [0.05, 0.1) is 10.6 Å². The molecule has 1 saturated heterocycles. The Labute approximate surface area is 268 Å². The van der Waals surface area contributed by atoms with E-state index < -0.39 is 22.2 Å². The maximum absolute atomic E-state index is 13.3. The smallest absolute Gasteiger partial charge is 0.475 e. The molecule has 5 rings (SSSR count). The van der Waals surface area contributed by atoms with Crippen molar-refractivity contribution in [2.75, 3.05) is 25.5 Å². The lowest BCUT2D eigenvalue weighted by Crippen LogP contribution is -2.45. The second kappa shape index (κ2) is 14.7. The molecule has 0 aliphatic carbocycles. The van der Waals surface area contributed by atoms with Crippen LogP contribution in [0.15, 0.2) is 71.8 Å². The number of hydrogen-bond donors (Lipinski definition) is 2. The lowest BCUT2D eigenvalue weighted by Gasteiger charge is -2.36. The van der Waals surface area contributed by atoms with Gasteiger partial charge in [0, 0.05) is 52.9 Å². The molecule has 0 radical (unpaired) electrons. The monoisotopic (exact) mass is 679 g/mol. The van der Waals surface area contributed by atoms with E-state index in [1.807, 2.05) is 11.3 Å². The molecule has 0 unspecified atom stereocenters. The number of anilines is 2. The molecule has 0 bridgehead atoms. The highest BCUT2D eigenvalue weighted by Crippen LogP contribution is 2.27. The Kier molecular flexibility index (Phi) is 11.1. The van der Waals surface area contributed by atoms with Crippen molar-refractivity contribution in [3.8, 4) is 11.3 Å². The number of rotatable bonds is 8. The number of hydrogen-bond acceptors (Lipinski definition) is 8. The van der Waals surface area contributed by atoms with Crippen LogP contribution in [0, 0.1) is 19.7 Å². The van der Waals surface area contributed by atoms with Gasteiger partial charge in [-0.1, -0.05) is 0 Å². The number of sulfonamides is 1. The Morgan fingerprint density at radius 3 is 2.22 bits per heavy atom. The van der Waals surface area contributed by atoms with Gasteiger partial charge in [-0.15, -0.1) is 11.3 Å². The Morgan fingerprint density at radius 1 is 1.07 bits per heavy atom. The van der Waals surface area contributed by atoms with Gasteiger partial charge in [-0.25, -0.2) is 27.6 Å². The molecule has 0 spiro atoms. The average molecular weight is 680 g/mol. The third-order valence-electron chi connectivity index (χ3n) is 7.46. The maximum atomic E-state index is 13.3. The van der Waals surface area contributed by atoms with Gasteiger partial charge in [-0.05, 0) is 100.0 Å². The summed E-state index contributed by atoms with van der Waals surface area (Å²) >= 11 is 1.84. The minimum absolute atomic E-state index is 0.269. The Balaban J connectivity index is 0.000000617. The molecule has 2 N–H and O–H groups in total. The van der Waals surface area contributed by atoms with Crippen LogP contribution in [-0.4, -0.2) is 71.0 Å². The van der Waals surface area contributed by atoms with Crippen molar-refractivity contribution in [2.24, 2.45) is 0 Å². The van der Waals surface area contributed by atoms with E-state index in [0.29, 0.717) is 36.5 Å². The summed E-state index contributed by atoms with van der Waals surface area (Å²) in [4.78, 5) is 23.0. The zero-order valence-corrected chi connectivity index (χ0v) is 26.9. The Hall–Kier alpha value is -3.92. The minimum Gasteiger partial charge on any atom is -0.475 e. The number of nitrogens with one attached hydrogen (secondary N) is 1. The van der Waals surface area contributed by atoms with Crippen molar-refractivity contribution in [3.05, 3.63) is 88.0 Å². The summed E-state index contributed by atoms with van der Waals surface area (Å²) in [6, 6.07) is 17.1. The fraction of sp³-hybridized carbons (Fsp3) is 0.323. The third-order valence-corrected chi connectivity index (χ3v) is 10.5. The quantitative estimate of drug-likeness (QED) is 0.200. The number of thiophene rings is 1. The number of aliphatic carboxylic acids is 1. The number of nitrogens with zero attached hydrogens (tertiary/aromatic N) is 4. The van der Waals surface area contributed by atoms with Crippen LogP contribution in [0.4, 0.5) is 29.2 Å². The summed E-state index contributed by atoms with van der Waals surface area (Å²) in [5.74, 6) is -2.70. The van der Waals surface area contributed by atoms with Gasteiger partial charge in [0.15, 0.2) is 0 Å². The number of benzene rings is 2. The molecular formula is C31H33F4N5O4S2. The second-order valence-electron chi connectivity index (χ2n) is 10.7. The van der Waals surface area contributed by atoms with Gasteiger partial charge >= 0.3 is 12.1 Å². The molecule has 246 valence electrons. The standard InChI is InChI=1S/C29H32FN5O2S2.C2HF3O2/c1-20-18-26(38-21(20)2)19-34(3)25-13-16-35(17-14-25)39(36,37)27-10-8-24(9-11-27)32-29-31-15-12-28(33-29)22-4-6-23(30)7-5-22;3-2(4,5)1(6)7/h4-12,15,18,25H,13-14,16-17,19H2,1-3H3,(H,31,32,33);(H,6,7). The SMILES string of the molecule is Cc1cc(CN(C)C2CCN(S(=O)(=O)c3ccc(Nc4nccc(-c5ccc(F)cc5)n4)cc3)CC2)sc1C.O=C(O)C(F)(F)F. The molecule has 1 aliphatic heterocycles. The van der Waals surface area contributed by atoms with Crippen LogP contribution in [0.2, 0.25) is 0 Å². The van der Waals surface area contributed by atoms with Crippen LogP contribution in [0.1, 0.15) is 28.2 Å². The van der Waals surface area contributed by atoms with E-state index in [4.69, 9.17) is 9.90 Å². The molecule has 46 heavy (non-hydrogen) atoms. The van der Waals surface area contributed by atoms with Gasteiger partial charge in [0.2, 0.25) is 16.0 Å². The molecular weight excluding hydrogens is 646 g/mol. The summed E-state index contributed by atoms with van der Waals surface area (Å²) in [5.41, 5.74) is 3.43. The first kappa shape index (κ1) is 34.9. The highest BCUT2D eigenvalue weighted by molar-refractivity contribution is 7.89. The first-order valence-corrected chi connectivity index (χ1v) is 16.4. The first-order chi connectivity index (χ1) is 21.6. The lowest BCUT2D eigenvalue weighted by molar-refractivity contribution is -0.192. The van der Waals surface area contributed by atoms with Gasteiger partial charge in [0.1, 0.15) is 5.82 Å². The normalized spacial score (nSPS) is 14.5. The molecule has 3 heterocycles. The van der Waals surface area contributed by atoms with Crippen molar-refractivity contribution in [3.63, 3.8) is 0 Å². The van der Waals surface area contributed by atoms with Crippen LogP contribution < -0.4 is 5.32 Å². The van der Waals surface area contributed by atoms with E-state index >= 15 is 0 Å². The largest absolute Gasteiger partial charge is 0.490 e. The van der Waals surface area contributed by atoms with Crippen molar-refractivity contribution in [1.82, 2.24) is 19.2 Å². The molecule has 0 amide bonds. The molecule has 0 saturated carbocycles. The van der Waals surface area contributed by atoms with Gasteiger partial charge < -0.3 is 10.4 Å². The molecule has 1 fully saturated rings. The van der Waals surface area contributed by atoms with Crippen LogP contribution >= 0.6 is 11.3 Å². The number of carboxylic acid groups (broad SMARTS) is 1. The molecule has 2 aromatic carbocycles. The predicted octanol–water partition coefficient (Wildman–Crippen LogP) is 6.62. The Morgan fingerprint density at radius 2 is 1.67 bits per heavy atom. The fourth-order valence-electron chi connectivity index (χ4n) is 4.81. The van der Waals surface area contributed by atoms with E-state index in [1.165, 1.54) is 27.5 Å². The summed E-state index contributed by atoms with van der Waals surface area (Å²) in [6.07, 6.45) is -1.85. The second-order valence-corrected chi connectivity index (χ2v) is 14.0. The lowest BCUT2D eigenvalue weighted by atomic mass is 10.1. The van der Waals surface area contributed by atoms with Crippen molar-refractivity contribution in [2.45, 2.75) is 50.3 Å². The number of aromatic nitrogens is 2. The summed E-state index contributed by atoms with van der Waals surface area (Å²) in [5, 5.41) is 10.2. The highest BCUT2D eigenvalue weighted by Gasteiger charge is 2.38. The molecule has 2 aromatic heterocycles. The summed E-state index contributed by atoms with van der Waals surface area (Å²) in [7, 11) is -1.45. The zero-order chi connectivity index (χ0) is 33.6. The molecule has 9 nitrogen and oxygen atoms in total. The molecule has 4 aromatic rings. The number of carboxylic acids is 1. The summed E-state index contributed by atoms with van der Waals surface area (Å²) < 4.78 is 73.2. The van der Waals surface area contributed by atoms with Crippen LogP contribution in [0.25, 0.3) is 11.3 Å². The zero-order valence-electron chi connectivity index (χ0n) is 25.3. The molecule has 1 aliphatic rings. The topological polar surface area (TPSA) is 116 Å². The number of alkyl halides is 3. The Bertz CT molecular complexity index is 1720. The number of piperidine rings is 1. The molecule has 15 heteroatoms. The van der Waals surface area contributed by atoms with Crippen molar-refractivity contribution in [1.29, 1.82) is 0 Å². The van der Waals surface area contributed by atoms with Crippen LogP contribution in [0.5, 0.6) is 0 Å². The van der Waals surface area contributed by atoms with Crippen LogP contribution in [-0.2, 0) is 21.4 Å². The third kappa shape index (κ3) is 9.09. The highest BCUT2D eigenvalue weighted by atomic mass is 32.2. The maximum Gasteiger partial charge on any atom is 0.490 e. The number of aryl methyl sites for hydroxylation is 2. The summed E-state index contributed by atoms with van der Waals surface area (Å²) in [6.45, 7) is 6.19. The van der Waals surface area contributed by atoms with Crippen LogP contribution in [0.3, 0.4) is 0 Å². The van der Waals surface area contributed by atoms with Crippen molar-refractivity contribution < 1.29 is 35.9 Å². The van der Waals surface area contributed by atoms with Gasteiger partial charge in [-0.3, -0.25) is 4.90 Å². The van der Waals surface area contributed by atoms with E-state index in [1.54, 1.807) is 53.0 Å². The van der Waals surface area contributed by atoms with E-state index in [2.05, 4.69) is 47.1 Å². The number of carbonyl (C=O) groups is 1. The average Bonchev–Trinajstić information content (AvgIpc) is 3.33. The van der Waals surface area contributed by atoms with E-state index in [0.717, 1.165) is 24.9 Å².